The normalized spacial score (nSPS) is 11.6. The molecule has 1 rings (SSSR count). The van der Waals surface area contributed by atoms with Crippen LogP contribution in [-0.4, -0.2) is 18.8 Å². The Morgan fingerprint density at radius 1 is 1.18 bits per heavy atom. The molecule has 1 atom stereocenters. The van der Waals surface area contributed by atoms with Crippen LogP contribution in [0.1, 0.15) is 37.4 Å². The molecule has 1 aromatic rings. The first-order valence-corrected chi connectivity index (χ1v) is 6.02. The predicted octanol–water partition coefficient (Wildman–Crippen LogP) is 2.93. The summed E-state index contributed by atoms with van der Waals surface area (Å²) in [5.41, 5.74) is 0.932. The van der Waals surface area contributed by atoms with Crippen LogP contribution < -0.4 is 0 Å². The first-order chi connectivity index (χ1) is 8.34. The number of unbranched alkanes of at least 4 members (excludes halogenated alkanes) is 2. The first-order valence-electron chi connectivity index (χ1n) is 6.02. The lowest BCUT2D eigenvalue weighted by atomic mass is 10.1. The van der Waals surface area contributed by atoms with Crippen LogP contribution in [-0.2, 0) is 4.74 Å². The van der Waals surface area contributed by atoms with E-state index in [1.807, 2.05) is 30.3 Å². The highest BCUT2D eigenvalue weighted by molar-refractivity contribution is 5.19. The zero-order valence-corrected chi connectivity index (χ0v) is 10.4. The molecule has 0 fully saturated rings. The van der Waals surface area contributed by atoms with Gasteiger partial charge in [0.05, 0.1) is 6.10 Å². The molecule has 0 spiro atoms. The maximum atomic E-state index is 9.84. The molecule has 0 saturated carbocycles. The third-order valence-electron chi connectivity index (χ3n) is 2.50. The van der Waals surface area contributed by atoms with E-state index in [2.05, 4.69) is 11.8 Å². The van der Waals surface area contributed by atoms with Gasteiger partial charge in [0.15, 0.2) is 0 Å². The third-order valence-corrected chi connectivity index (χ3v) is 2.50. The van der Waals surface area contributed by atoms with Gasteiger partial charge in [-0.1, -0.05) is 30.3 Å². The molecule has 2 heteroatoms. The second kappa shape index (κ2) is 8.81. The molecular weight excluding hydrogens is 212 g/mol. The lowest BCUT2D eigenvalue weighted by molar-refractivity contribution is 0.184. The lowest BCUT2D eigenvalue weighted by Crippen LogP contribution is -1.94. The van der Waals surface area contributed by atoms with Gasteiger partial charge < -0.3 is 9.84 Å². The Hall–Kier alpha value is -1.30. The Morgan fingerprint density at radius 2 is 1.94 bits per heavy atom. The quantitative estimate of drug-likeness (QED) is 0.603. The monoisotopic (exact) mass is 232 g/mol. The molecule has 1 N–H and O–H groups in total. The molecule has 0 radical (unpaired) electrons. The number of hydrogen-bond acceptors (Lipinski definition) is 2. The summed E-state index contributed by atoms with van der Waals surface area (Å²) in [7, 11) is 1.71. The van der Waals surface area contributed by atoms with Crippen LogP contribution in [0.25, 0.3) is 0 Å². The van der Waals surface area contributed by atoms with E-state index in [9.17, 15) is 5.11 Å². The van der Waals surface area contributed by atoms with E-state index in [-0.39, 0.29) is 0 Å². The maximum Gasteiger partial charge on any atom is 0.0899 e. The van der Waals surface area contributed by atoms with Crippen molar-refractivity contribution in [2.75, 3.05) is 13.7 Å². The number of aliphatic hydroxyl groups excluding tert-OH is 1. The highest BCUT2D eigenvalue weighted by atomic mass is 16.5. The number of methoxy groups -OCH3 is 1. The fourth-order valence-electron chi connectivity index (χ4n) is 1.51. The summed E-state index contributed by atoms with van der Waals surface area (Å²) >= 11 is 0. The van der Waals surface area contributed by atoms with Crippen molar-refractivity contribution in [2.24, 2.45) is 0 Å². The second-order valence-electron chi connectivity index (χ2n) is 3.93. The Labute approximate surface area is 104 Å². The molecule has 0 aliphatic carbocycles. The van der Waals surface area contributed by atoms with Gasteiger partial charge in [0.1, 0.15) is 0 Å². The highest BCUT2D eigenvalue weighted by Gasteiger charge is 2.03. The molecule has 0 heterocycles. The minimum absolute atomic E-state index is 0.470. The van der Waals surface area contributed by atoms with E-state index in [1.165, 1.54) is 0 Å². The van der Waals surface area contributed by atoms with Crippen LogP contribution >= 0.6 is 0 Å². The molecule has 1 aromatic carbocycles. The molecule has 0 aliphatic rings. The van der Waals surface area contributed by atoms with Gasteiger partial charge in [-0.15, -0.1) is 11.8 Å². The average molecular weight is 232 g/mol. The largest absolute Gasteiger partial charge is 0.387 e. The Kier molecular flexibility index (Phi) is 7.13. The number of aliphatic hydroxyl groups is 1. The minimum atomic E-state index is -0.470. The van der Waals surface area contributed by atoms with Crippen LogP contribution in [0, 0.1) is 11.8 Å². The Morgan fingerprint density at radius 3 is 2.65 bits per heavy atom. The van der Waals surface area contributed by atoms with Crippen LogP contribution in [0.4, 0.5) is 0 Å². The molecule has 17 heavy (non-hydrogen) atoms. The summed E-state index contributed by atoms with van der Waals surface area (Å²) in [4.78, 5) is 0. The topological polar surface area (TPSA) is 29.5 Å². The van der Waals surface area contributed by atoms with Gasteiger partial charge in [0.2, 0.25) is 0 Å². The first kappa shape index (κ1) is 13.8. The predicted molar refractivity (Wildman–Crippen MR) is 69.5 cm³/mol. The fraction of sp³-hybridized carbons (Fsp3) is 0.467. The number of rotatable bonds is 6. The van der Waals surface area contributed by atoms with Crippen molar-refractivity contribution >= 4 is 0 Å². The molecule has 0 aliphatic heterocycles. The molecule has 2 nitrogen and oxygen atoms in total. The van der Waals surface area contributed by atoms with Gasteiger partial charge in [0.25, 0.3) is 0 Å². The van der Waals surface area contributed by atoms with Gasteiger partial charge >= 0.3 is 0 Å². The number of hydrogen-bond donors (Lipinski definition) is 1. The van der Waals surface area contributed by atoms with Crippen molar-refractivity contribution in [3.8, 4) is 11.8 Å². The van der Waals surface area contributed by atoms with E-state index in [1.54, 1.807) is 7.11 Å². The van der Waals surface area contributed by atoms with Crippen molar-refractivity contribution in [3.05, 3.63) is 35.9 Å². The average Bonchev–Trinajstić information content (AvgIpc) is 2.38. The van der Waals surface area contributed by atoms with Gasteiger partial charge in [-0.2, -0.15) is 0 Å². The summed E-state index contributed by atoms with van der Waals surface area (Å²) < 4.78 is 4.96. The number of ether oxygens (including phenoxy) is 1. The summed E-state index contributed by atoms with van der Waals surface area (Å²) in [5.74, 6) is 6.10. The SMILES string of the molecule is COCCCCC#CCC(O)c1ccccc1. The van der Waals surface area contributed by atoms with E-state index < -0.39 is 6.10 Å². The summed E-state index contributed by atoms with van der Waals surface area (Å²) in [6, 6.07) is 9.64. The molecule has 0 amide bonds. The van der Waals surface area contributed by atoms with Crippen LogP contribution in [0.15, 0.2) is 30.3 Å². The van der Waals surface area contributed by atoms with Gasteiger partial charge in [-0.05, 0) is 18.4 Å². The second-order valence-corrected chi connectivity index (χ2v) is 3.93. The summed E-state index contributed by atoms with van der Waals surface area (Å²) in [6.07, 6.45) is 3.02. The van der Waals surface area contributed by atoms with Crippen molar-refractivity contribution in [1.82, 2.24) is 0 Å². The van der Waals surface area contributed by atoms with E-state index in [0.29, 0.717) is 6.42 Å². The van der Waals surface area contributed by atoms with Crippen LogP contribution in [0.2, 0.25) is 0 Å². The standard InChI is InChI=1S/C15H20O2/c1-17-13-9-4-2-3-8-12-15(16)14-10-6-5-7-11-14/h5-7,10-11,15-16H,2,4,9,12-13H2,1H3. The van der Waals surface area contributed by atoms with Crippen molar-refractivity contribution in [1.29, 1.82) is 0 Å². The number of benzene rings is 1. The zero-order valence-electron chi connectivity index (χ0n) is 10.4. The summed E-state index contributed by atoms with van der Waals surface area (Å²) in [6.45, 7) is 0.800. The third kappa shape index (κ3) is 6.11. The zero-order chi connectivity index (χ0) is 12.3. The van der Waals surface area contributed by atoms with Crippen LogP contribution in [0.5, 0.6) is 0 Å². The van der Waals surface area contributed by atoms with Crippen LogP contribution in [0.3, 0.4) is 0 Å². The van der Waals surface area contributed by atoms with E-state index >= 15 is 0 Å². The van der Waals surface area contributed by atoms with E-state index in [0.717, 1.165) is 31.4 Å². The molecule has 0 aromatic heterocycles. The Bertz CT molecular complexity index is 348. The Balaban J connectivity index is 2.20. The molecule has 1 unspecified atom stereocenters. The molecular formula is C15H20O2. The highest BCUT2D eigenvalue weighted by Crippen LogP contribution is 2.14. The summed E-state index contributed by atoms with van der Waals surface area (Å²) in [5, 5.41) is 9.84. The van der Waals surface area contributed by atoms with E-state index in [4.69, 9.17) is 4.74 Å². The molecule has 92 valence electrons. The van der Waals surface area contributed by atoms with Gasteiger partial charge in [-0.25, -0.2) is 0 Å². The van der Waals surface area contributed by atoms with Crippen molar-refractivity contribution < 1.29 is 9.84 Å². The smallest absolute Gasteiger partial charge is 0.0899 e. The minimum Gasteiger partial charge on any atom is -0.387 e. The molecule has 0 saturated heterocycles. The maximum absolute atomic E-state index is 9.84. The lowest BCUT2D eigenvalue weighted by Gasteiger charge is -2.05. The van der Waals surface area contributed by atoms with Crippen molar-refractivity contribution in [3.63, 3.8) is 0 Å². The molecule has 0 bridgehead atoms. The van der Waals surface area contributed by atoms with Gasteiger partial charge in [0, 0.05) is 26.6 Å². The van der Waals surface area contributed by atoms with Gasteiger partial charge in [-0.3, -0.25) is 0 Å². The fourth-order valence-corrected chi connectivity index (χ4v) is 1.51. The van der Waals surface area contributed by atoms with Crippen molar-refractivity contribution in [2.45, 2.75) is 31.8 Å².